The van der Waals surface area contributed by atoms with Crippen LogP contribution < -0.4 is 5.32 Å². The zero-order chi connectivity index (χ0) is 11.2. The first kappa shape index (κ1) is 12.8. The van der Waals surface area contributed by atoms with Crippen LogP contribution in [0.25, 0.3) is 0 Å². The highest BCUT2D eigenvalue weighted by Crippen LogP contribution is 2.06. The van der Waals surface area contributed by atoms with Crippen LogP contribution in [0.15, 0.2) is 0 Å². The molecule has 0 aromatic carbocycles. The maximum atomic E-state index is 11.1. The molecule has 0 aliphatic carbocycles. The van der Waals surface area contributed by atoms with E-state index in [1.54, 1.807) is 0 Å². The molecule has 1 amide bonds. The Morgan fingerprint density at radius 1 is 1.57 bits per heavy atom. The summed E-state index contributed by atoms with van der Waals surface area (Å²) < 4.78 is 5.02. The highest BCUT2D eigenvalue weighted by atomic mass is 16.6. The first-order valence-electron chi connectivity index (χ1n) is 4.71. The van der Waals surface area contributed by atoms with Gasteiger partial charge in [-0.05, 0) is 34.1 Å². The first-order chi connectivity index (χ1) is 6.35. The predicted molar refractivity (Wildman–Crippen MR) is 53.6 cm³/mol. The molecule has 0 bridgehead atoms. The fourth-order valence-electron chi connectivity index (χ4n) is 0.769. The lowest BCUT2D eigenvalue weighted by Crippen LogP contribution is -2.33. The molecule has 0 aliphatic heterocycles. The second-order valence-electron chi connectivity index (χ2n) is 4.25. The summed E-state index contributed by atoms with van der Waals surface area (Å²) in [5.74, 6) is -0.0371. The molecule has 0 radical (unpaired) electrons. The van der Waals surface area contributed by atoms with E-state index in [1.807, 2.05) is 27.7 Å². The molecule has 1 N–H and O–H groups in total. The summed E-state index contributed by atoms with van der Waals surface area (Å²) in [7, 11) is 0. The Morgan fingerprint density at radius 2 is 2.14 bits per heavy atom. The van der Waals surface area contributed by atoms with Crippen molar-refractivity contribution in [3.8, 4) is 6.07 Å². The number of nitrogens with zero attached hydrogens (tertiary/aromatic N) is 1. The maximum Gasteiger partial charge on any atom is 0.407 e. The zero-order valence-corrected chi connectivity index (χ0v) is 9.26. The average Bonchev–Trinajstić information content (AvgIpc) is 2.00. The van der Waals surface area contributed by atoms with E-state index in [1.165, 1.54) is 0 Å². The molecule has 1 atom stereocenters. The highest BCUT2D eigenvalue weighted by molar-refractivity contribution is 5.67. The lowest BCUT2D eigenvalue weighted by molar-refractivity contribution is 0.0526. The third-order valence-corrected chi connectivity index (χ3v) is 1.47. The van der Waals surface area contributed by atoms with Gasteiger partial charge >= 0.3 is 6.09 Å². The van der Waals surface area contributed by atoms with Crippen molar-refractivity contribution in [1.29, 1.82) is 5.26 Å². The van der Waals surface area contributed by atoms with Gasteiger partial charge in [-0.2, -0.15) is 5.26 Å². The molecule has 0 aromatic heterocycles. The van der Waals surface area contributed by atoms with E-state index in [0.29, 0.717) is 13.0 Å². The summed E-state index contributed by atoms with van der Waals surface area (Å²) in [6.07, 6.45) is 0.220. The van der Waals surface area contributed by atoms with E-state index in [2.05, 4.69) is 11.4 Å². The molecule has 0 saturated heterocycles. The van der Waals surface area contributed by atoms with Crippen LogP contribution in [0.4, 0.5) is 4.79 Å². The standard InChI is InChI=1S/C10H18N2O2/c1-8(7-11)5-6-12-9(13)14-10(2,3)4/h8H,5-6H2,1-4H3,(H,12,13)/t8-/m1/s1. The van der Waals surface area contributed by atoms with Gasteiger partial charge in [0.25, 0.3) is 0 Å². The lowest BCUT2D eigenvalue weighted by Gasteiger charge is -2.19. The molecule has 0 saturated carbocycles. The van der Waals surface area contributed by atoms with Crippen molar-refractivity contribution < 1.29 is 9.53 Å². The van der Waals surface area contributed by atoms with Crippen molar-refractivity contribution in [2.24, 2.45) is 5.92 Å². The van der Waals surface area contributed by atoms with Gasteiger partial charge in [-0.3, -0.25) is 0 Å². The second kappa shape index (κ2) is 5.48. The molecule has 0 aliphatic rings. The fourth-order valence-corrected chi connectivity index (χ4v) is 0.769. The van der Waals surface area contributed by atoms with E-state index in [4.69, 9.17) is 10.00 Å². The number of amides is 1. The van der Waals surface area contributed by atoms with Crippen LogP contribution in [0.2, 0.25) is 0 Å². The van der Waals surface area contributed by atoms with Crippen LogP contribution in [0.1, 0.15) is 34.1 Å². The van der Waals surface area contributed by atoms with Crippen LogP contribution in [0, 0.1) is 17.2 Å². The summed E-state index contributed by atoms with van der Waals surface area (Å²) in [5, 5.41) is 11.1. The van der Waals surface area contributed by atoms with Crippen LogP contribution in [0.3, 0.4) is 0 Å². The van der Waals surface area contributed by atoms with Crippen LogP contribution in [0.5, 0.6) is 0 Å². The van der Waals surface area contributed by atoms with Gasteiger partial charge < -0.3 is 10.1 Å². The van der Waals surface area contributed by atoms with E-state index < -0.39 is 11.7 Å². The number of carbonyl (C=O) groups is 1. The molecule has 4 heteroatoms. The van der Waals surface area contributed by atoms with E-state index in [9.17, 15) is 4.79 Å². The van der Waals surface area contributed by atoms with Crippen molar-refractivity contribution in [2.45, 2.75) is 39.7 Å². The SMILES string of the molecule is C[C@@H](C#N)CCNC(=O)OC(C)(C)C. The number of rotatable bonds is 3. The van der Waals surface area contributed by atoms with Crippen LogP contribution in [-0.2, 0) is 4.74 Å². The quantitative estimate of drug-likeness (QED) is 0.755. The number of hydrogen-bond acceptors (Lipinski definition) is 3. The number of hydrogen-bond donors (Lipinski definition) is 1. The number of nitrogens with one attached hydrogen (secondary N) is 1. The molecule has 4 nitrogen and oxygen atoms in total. The molecule has 0 aromatic rings. The topological polar surface area (TPSA) is 62.1 Å². The van der Waals surface area contributed by atoms with Crippen LogP contribution >= 0.6 is 0 Å². The molecule has 0 rings (SSSR count). The summed E-state index contributed by atoms with van der Waals surface area (Å²) >= 11 is 0. The average molecular weight is 198 g/mol. The smallest absolute Gasteiger partial charge is 0.407 e. The van der Waals surface area contributed by atoms with Gasteiger partial charge in [-0.1, -0.05) is 0 Å². The normalized spacial score (nSPS) is 12.8. The summed E-state index contributed by atoms with van der Waals surface area (Å²) in [4.78, 5) is 11.1. The number of carbonyl (C=O) groups excluding carboxylic acids is 1. The van der Waals surface area contributed by atoms with Gasteiger partial charge in [0.1, 0.15) is 5.60 Å². The molecule has 80 valence electrons. The summed E-state index contributed by atoms with van der Waals surface area (Å²) in [5.41, 5.74) is -0.467. The molecule has 0 heterocycles. The largest absolute Gasteiger partial charge is 0.444 e. The van der Waals surface area contributed by atoms with Crippen molar-refractivity contribution in [1.82, 2.24) is 5.32 Å². The second-order valence-corrected chi connectivity index (χ2v) is 4.25. The molecule has 0 unspecified atom stereocenters. The van der Waals surface area contributed by atoms with Gasteiger partial charge in [0.05, 0.1) is 6.07 Å². The van der Waals surface area contributed by atoms with Crippen molar-refractivity contribution in [2.75, 3.05) is 6.54 Å². The predicted octanol–water partition coefficient (Wildman–Crippen LogP) is 2.06. The van der Waals surface area contributed by atoms with E-state index >= 15 is 0 Å². The Labute approximate surface area is 85.2 Å². The first-order valence-corrected chi connectivity index (χ1v) is 4.71. The van der Waals surface area contributed by atoms with Gasteiger partial charge in [0, 0.05) is 12.5 Å². The Kier molecular flexibility index (Phi) is 5.00. The third-order valence-electron chi connectivity index (χ3n) is 1.47. The zero-order valence-electron chi connectivity index (χ0n) is 9.26. The Bertz CT molecular complexity index is 225. The maximum absolute atomic E-state index is 11.1. The Hall–Kier alpha value is -1.24. The third kappa shape index (κ3) is 7.41. The minimum absolute atomic E-state index is 0.0371. The van der Waals surface area contributed by atoms with Crippen molar-refractivity contribution in [3.63, 3.8) is 0 Å². The monoisotopic (exact) mass is 198 g/mol. The molecule has 0 fully saturated rings. The molecular formula is C10H18N2O2. The van der Waals surface area contributed by atoms with Crippen molar-refractivity contribution >= 4 is 6.09 Å². The van der Waals surface area contributed by atoms with Gasteiger partial charge in [0.15, 0.2) is 0 Å². The van der Waals surface area contributed by atoms with E-state index in [-0.39, 0.29) is 5.92 Å². The number of nitriles is 1. The number of ether oxygens (including phenoxy) is 1. The van der Waals surface area contributed by atoms with Gasteiger partial charge in [0.2, 0.25) is 0 Å². The summed E-state index contributed by atoms with van der Waals surface area (Å²) in [6.45, 7) is 7.72. The van der Waals surface area contributed by atoms with E-state index in [0.717, 1.165) is 0 Å². The lowest BCUT2D eigenvalue weighted by atomic mass is 10.1. The fraction of sp³-hybridized carbons (Fsp3) is 0.800. The summed E-state index contributed by atoms with van der Waals surface area (Å²) in [6, 6.07) is 2.09. The highest BCUT2D eigenvalue weighted by Gasteiger charge is 2.15. The van der Waals surface area contributed by atoms with Crippen molar-refractivity contribution in [3.05, 3.63) is 0 Å². The molecule has 14 heavy (non-hydrogen) atoms. The van der Waals surface area contributed by atoms with Crippen LogP contribution in [-0.4, -0.2) is 18.2 Å². The number of alkyl carbamates (subject to hydrolysis) is 1. The molecular weight excluding hydrogens is 180 g/mol. The minimum atomic E-state index is -0.467. The Morgan fingerprint density at radius 3 is 2.57 bits per heavy atom. The minimum Gasteiger partial charge on any atom is -0.444 e. The Balaban J connectivity index is 3.62. The van der Waals surface area contributed by atoms with Gasteiger partial charge in [-0.15, -0.1) is 0 Å². The van der Waals surface area contributed by atoms with Gasteiger partial charge in [-0.25, -0.2) is 4.79 Å². The molecule has 0 spiro atoms.